The number of aromatic nitrogens is 1. The van der Waals surface area contributed by atoms with Crippen LogP contribution in [-0.4, -0.2) is 4.98 Å². The minimum absolute atomic E-state index is 0.261. The summed E-state index contributed by atoms with van der Waals surface area (Å²) in [7, 11) is 0. The van der Waals surface area contributed by atoms with E-state index in [0.717, 1.165) is 0 Å². The molecule has 0 unspecified atom stereocenters. The average molecular weight is 296 g/mol. The Morgan fingerprint density at radius 1 is 1.20 bits per heavy atom. The van der Waals surface area contributed by atoms with Crippen LogP contribution in [0.4, 0.5) is 26.1 Å². The summed E-state index contributed by atoms with van der Waals surface area (Å²) in [5.74, 6) is 2.64. The number of nitrogens with zero attached hydrogens (tertiary/aromatic N) is 2. The molecule has 1 heterocycles. The van der Waals surface area contributed by atoms with E-state index in [0.29, 0.717) is 11.6 Å². The van der Waals surface area contributed by atoms with Gasteiger partial charge in [-0.2, -0.15) is 5.26 Å². The van der Waals surface area contributed by atoms with E-state index in [9.17, 15) is 8.78 Å². The van der Waals surface area contributed by atoms with Gasteiger partial charge in [-0.25, -0.2) is 19.6 Å². The topological polar surface area (TPSA) is 86.8 Å². The molecule has 0 fully saturated rings. The molecule has 0 aliphatic heterocycles. The maximum absolute atomic E-state index is 13.6. The van der Waals surface area contributed by atoms with Crippen LogP contribution in [0, 0.1) is 23.0 Å². The Hall–Kier alpha value is -2.43. The van der Waals surface area contributed by atoms with Gasteiger partial charge in [0.15, 0.2) is 23.3 Å². The second-order valence-corrected chi connectivity index (χ2v) is 4.13. The lowest BCUT2D eigenvalue weighted by Crippen LogP contribution is -2.12. The third-order valence-corrected chi connectivity index (χ3v) is 2.74. The van der Waals surface area contributed by atoms with Crippen molar-refractivity contribution in [2.45, 2.75) is 0 Å². The van der Waals surface area contributed by atoms with Crippen molar-refractivity contribution in [1.29, 1.82) is 5.26 Å². The van der Waals surface area contributed by atoms with E-state index < -0.39 is 11.6 Å². The van der Waals surface area contributed by atoms with Crippen LogP contribution in [0.1, 0.15) is 5.56 Å². The second kappa shape index (κ2) is 5.69. The molecule has 102 valence electrons. The maximum atomic E-state index is 13.6. The number of pyridine rings is 1. The van der Waals surface area contributed by atoms with Crippen molar-refractivity contribution in [3.63, 3.8) is 0 Å². The molecule has 1 aromatic carbocycles. The van der Waals surface area contributed by atoms with Crippen molar-refractivity contribution in [2.24, 2.45) is 5.84 Å². The zero-order valence-corrected chi connectivity index (χ0v) is 10.7. The van der Waals surface area contributed by atoms with E-state index in [-0.39, 0.29) is 22.3 Å². The molecule has 0 amide bonds. The van der Waals surface area contributed by atoms with E-state index in [4.69, 9.17) is 22.7 Å². The number of hydrogen-bond donors (Lipinski definition) is 3. The molecule has 0 atom stereocenters. The van der Waals surface area contributed by atoms with E-state index >= 15 is 0 Å². The Kier molecular flexibility index (Phi) is 3.98. The van der Waals surface area contributed by atoms with E-state index in [1.165, 1.54) is 18.2 Å². The summed E-state index contributed by atoms with van der Waals surface area (Å²) in [5.41, 5.74) is 2.61. The van der Waals surface area contributed by atoms with Gasteiger partial charge in [-0.15, -0.1) is 0 Å². The fourth-order valence-electron chi connectivity index (χ4n) is 1.47. The Bertz CT molecular complexity index is 699. The number of hydrogen-bond acceptors (Lipinski definition) is 5. The highest BCUT2D eigenvalue weighted by molar-refractivity contribution is 6.33. The fourth-order valence-corrected chi connectivity index (χ4v) is 1.64. The molecule has 8 heteroatoms. The third-order valence-electron chi connectivity index (χ3n) is 2.41. The minimum atomic E-state index is -0.924. The maximum Gasteiger partial charge on any atom is 0.178 e. The van der Waals surface area contributed by atoms with Crippen molar-refractivity contribution in [3.8, 4) is 6.07 Å². The van der Waals surface area contributed by atoms with Gasteiger partial charge in [0.25, 0.3) is 0 Å². The lowest BCUT2D eigenvalue weighted by atomic mass is 10.2. The molecule has 2 rings (SSSR count). The molecule has 20 heavy (non-hydrogen) atoms. The van der Waals surface area contributed by atoms with Gasteiger partial charge in [0.2, 0.25) is 0 Å². The number of hydrazine groups is 1. The molecule has 0 saturated carbocycles. The smallest absolute Gasteiger partial charge is 0.178 e. The quantitative estimate of drug-likeness (QED) is 0.598. The Morgan fingerprint density at radius 2 is 1.90 bits per heavy atom. The highest BCUT2D eigenvalue weighted by Gasteiger charge is 2.13. The summed E-state index contributed by atoms with van der Waals surface area (Å²) < 4.78 is 26.9. The lowest BCUT2D eigenvalue weighted by Gasteiger charge is -2.10. The zero-order valence-electron chi connectivity index (χ0n) is 9.92. The first kappa shape index (κ1) is 14.0. The highest BCUT2D eigenvalue weighted by Crippen LogP contribution is 2.28. The van der Waals surface area contributed by atoms with Crippen molar-refractivity contribution >= 4 is 28.9 Å². The first-order chi connectivity index (χ1) is 9.55. The number of nitrogen functional groups attached to an aromatic ring is 1. The average Bonchev–Trinajstić information content (AvgIpc) is 2.44. The monoisotopic (exact) mass is 295 g/mol. The Morgan fingerprint density at radius 3 is 2.55 bits per heavy atom. The van der Waals surface area contributed by atoms with E-state index in [1.54, 1.807) is 0 Å². The van der Waals surface area contributed by atoms with Gasteiger partial charge in [0.1, 0.15) is 0 Å². The zero-order chi connectivity index (χ0) is 14.7. The summed E-state index contributed by atoms with van der Waals surface area (Å²) in [4.78, 5) is 3.64. The summed E-state index contributed by atoms with van der Waals surface area (Å²) in [6.45, 7) is 0. The Balaban J connectivity index is 2.42. The molecule has 5 nitrogen and oxygen atoms in total. The molecule has 0 spiro atoms. The normalized spacial score (nSPS) is 9.95. The highest BCUT2D eigenvalue weighted by atomic mass is 35.5. The van der Waals surface area contributed by atoms with Crippen LogP contribution < -0.4 is 16.6 Å². The van der Waals surface area contributed by atoms with Crippen LogP contribution in [0.5, 0.6) is 0 Å². The van der Waals surface area contributed by atoms with Crippen molar-refractivity contribution in [1.82, 2.24) is 4.98 Å². The van der Waals surface area contributed by atoms with Crippen molar-refractivity contribution < 1.29 is 8.78 Å². The van der Waals surface area contributed by atoms with E-state index in [2.05, 4.69) is 10.3 Å². The second-order valence-electron chi connectivity index (χ2n) is 3.72. The van der Waals surface area contributed by atoms with Crippen LogP contribution in [0.15, 0.2) is 24.3 Å². The van der Waals surface area contributed by atoms with Gasteiger partial charge >= 0.3 is 0 Å². The number of nitrogens with one attached hydrogen (secondary N) is 2. The molecule has 0 aliphatic rings. The molecule has 4 N–H and O–H groups in total. The van der Waals surface area contributed by atoms with Gasteiger partial charge in [-0.05, 0) is 18.2 Å². The van der Waals surface area contributed by atoms with Crippen molar-refractivity contribution in [2.75, 3.05) is 10.7 Å². The molecule has 0 bridgehead atoms. The third kappa shape index (κ3) is 2.77. The summed E-state index contributed by atoms with van der Waals surface area (Å²) in [6.07, 6.45) is 0. The number of halogens is 3. The van der Waals surface area contributed by atoms with Crippen molar-refractivity contribution in [3.05, 3.63) is 46.5 Å². The predicted octanol–water partition coefficient (Wildman–Crippen LogP) is 2.91. The molecule has 0 saturated heterocycles. The van der Waals surface area contributed by atoms with Crippen LogP contribution >= 0.6 is 11.6 Å². The van der Waals surface area contributed by atoms with E-state index in [1.807, 2.05) is 11.5 Å². The summed E-state index contributed by atoms with van der Waals surface area (Å²) in [5, 5.41) is 11.7. The molecule has 0 radical (unpaired) electrons. The van der Waals surface area contributed by atoms with Crippen LogP contribution in [0.25, 0.3) is 0 Å². The van der Waals surface area contributed by atoms with Crippen LogP contribution in [0.2, 0.25) is 5.02 Å². The summed E-state index contributed by atoms with van der Waals surface area (Å²) in [6, 6.07) is 6.96. The largest absolute Gasteiger partial charge is 0.336 e. The number of anilines is 3. The SMILES string of the molecule is N#Cc1ccc(Cl)c(Nc2nc(NN)c(F)cc2F)c1. The molecule has 0 aliphatic carbocycles. The van der Waals surface area contributed by atoms with Gasteiger partial charge in [-0.3, -0.25) is 0 Å². The molecule has 1 aromatic heterocycles. The van der Waals surface area contributed by atoms with Gasteiger partial charge in [-0.1, -0.05) is 11.6 Å². The molecule has 2 aromatic rings. The number of nitrogens with two attached hydrogens (primary N) is 1. The minimum Gasteiger partial charge on any atom is -0.336 e. The molecular weight excluding hydrogens is 288 g/mol. The fraction of sp³-hybridized carbons (Fsp3) is 0. The first-order valence-corrected chi connectivity index (χ1v) is 5.72. The predicted molar refractivity (Wildman–Crippen MR) is 71.4 cm³/mol. The number of nitriles is 1. The first-order valence-electron chi connectivity index (χ1n) is 5.34. The number of rotatable bonds is 3. The van der Waals surface area contributed by atoms with Crippen LogP contribution in [0.3, 0.4) is 0 Å². The molecular formula is C12H8ClF2N5. The lowest BCUT2D eigenvalue weighted by molar-refractivity contribution is 0.579. The number of benzene rings is 1. The van der Waals surface area contributed by atoms with Gasteiger partial charge in [0, 0.05) is 6.07 Å². The van der Waals surface area contributed by atoms with Gasteiger partial charge in [0.05, 0.1) is 22.3 Å². The van der Waals surface area contributed by atoms with Crippen LogP contribution in [-0.2, 0) is 0 Å². The summed E-state index contributed by atoms with van der Waals surface area (Å²) >= 11 is 5.92. The van der Waals surface area contributed by atoms with Gasteiger partial charge < -0.3 is 10.7 Å². The Labute approximate surface area is 118 Å². The standard InChI is InChI=1S/C12H8ClF2N5/c13-7-2-1-6(5-16)3-10(7)18-11-8(14)4-9(15)12(19-11)20-17/h1-4H,17H2,(H2,18,19,20).